The first-order valence-electron chi connectivity index (χ1n) is 5.66. The van der Waals surface area contributed by atoms with E-state index in [1.807, 2.05) is 58.9 Å². The summed E-state index contributed by atoms with van der Waals surface area (Å²) in [5.41, 5.74) is 2.36. The Hall–Kier alpha value is -0.860. The normalized spacial score (nSPS) is 10.3. The molecule has 0 aliphatic rings. The first-order chi connectivity index (χ1) is 7.24. The summed E-state index contributed by atoms with van der Waals surface area (Å²) in [5.74, 6) is 5.04. The fourth-order valence-electron chi connectivity index (χ4n) is 0.916. The minimum Gasteiger partial charge on any atom is -0.297 e. The molecule has 0 bridgehead atoms. The van der Waals surface area contributed by atoms with E-state index >= 15 is 0 Å². The first-order valence-corrected chi connectivity index (χ1v) is 5.66. The van der Waals surface area contributed by atoms with Crippen molar-refractivity contribution < 1.29 is 4.84 Å². The van der Waals surface area contributed by atoms with Crippen LogP contribution in [-0.4, -0.2) is 0 Å². The molecule has 1 aromatic rings. The smallest absolute Gasteiger partial charge is 0.101 e. The van der Waals surface area contributed by atoms with E-state index in [9.17, 15) is 0 Å². The second-order valence-electron chi connectivity index (χ2n) is 2.69. The monoisotopic (exact) mass is 211 g/mol. The van der Waals surface area contributed by atoms with Gasteiger partial charge in [0.25, 0.3) is 0 Å². The Morgan fingerprint density at radius 1 is 1.00 bits per heavy atom. The molecule has 0 fully saturated rings. The fraction of sp³-hybridized carbons (Fsp3) is 0.538. The lowest BCUT2D eigenvalue weighted by Crippen LogP contribution is -2.04. The molecule has 0 aromatic heterocycles. The predicted molar refractivity (Wildman–Crippen MR) is 67.6 cm³/mol. The summed E-state index contributed by atoms with van der Waals surface area (Å²) in [7, 11) is 0. The average molecular weight is 211 g/mol. The van der Waals surface area contributed by atoms with Crippen LogP contribution in [0.5, 0.6) is 0 Å². The molecule has 0 heterocycles. The molecule has 0 radical (unpaired) electrons. The molecule has 0 aliphatic carbocycles. The molecule has 0 aliphatic heterocycles. The Bertz CT molecular complexity index is 218. The topological polar surface area (TPSA) is 35.2 Å². The van der Waals surface area contributed by atoms with Gasteiger partial charge in [0.15, 0.2) is 0 Å². The zero-order valence-corrected chi connectivity index (χ0v) is 10.9. The quantitative estimate of drug-likeness (QED) is 0.750. The van der Waals surface area contributed by atoms with Crippen LogP contribution >= 0.6 is 0 Å². The van der Waals surface area contributed by atoms with E-state index < -0.39 is 0 Å². The van der Waals surface area contributed by atoms with Gasteiger partial charge in [0.2, 0.25) is 0 Å². The summed E-state index contributed by atoms with van der Waals surface area (Å²) in [6, 6.07) is 8.13. The van der Waals surface area contributed by atoms with Gasteiger partial charge in [0.05, 0.1) is 0 Å². The van der Waals surface area contributed by atoms with Crippen LogP contribution < -0.4 is 5.90 Å². The van der Waals surface area contributed by atoms with Gasteiger partial charge in [-0.05, 0) is 19.4 Å². The number of hydrogen-bond acceptors (Lipinski definition) is 2. The van der Waals surface area contributed by atoms with Gasteiger partial charge in [-0.25, -0.2) is 5.90 Å². The van der Waals surface area contributed by atoms with Crippen molar-refractivity contribution in [1.82, 2.24) is 0 Å². The lowest BCUT2D eigenvalue weighted by atomic mass is 10.1. The Morgan fingerprint density at radius 3 is 1.73 bits per heavy atom. The second kappa shape index (κ2) is 11.2. The number of benzene rings is 1. The van der Waals surface area contributed by atoms with Crippen LogP contribution in [0.2, 0.25) is 0 Å². The Kier molecular flexibility index (Phi) is 12.4. The predicted octanol–water partition coefficient (Wildman–Crippen LogP) is 4.00. The number of nitrogens with two attached hydrogens (primary N) is 1. The van der Waals surface area contributed by atoms with Gasteiger partial charge in [-0.15, -0.1) is 0 Å². The van der Waals surface area contributed by atoms with Gasteiger partial charge in [-0.3, -0.25) is 4.84 Å². The van der Waals surface area contributed by atoms with E-state index in [0.29, 0.717) is 0 Å². The SMILES string of the molecule is CC.CC.Cc1ccc(C(C)ON)cc1. The highest BCUT2D eigenvalue weighted by Crippen LogP contribution is 2.14. The van der Waals surface area contributed by atoms with Crippen molar-refractivity contribution in [3.63, 3.8) is 0 Å². The van der Waals surface area contributed by atoms with Gasteiger partial charge in [0, 0.05) is 0 Å². The maximum Gasteiger partial charge on any atom is 0.101 e. The molecule has 2 nitrogen and oxygen atoms in total. The third kappa shape index (κ3) is 7.11. The number of rotatable bonds is 2. The highest BCUT2D eigenvalue weighted by molar-refractivity contribution is 5.22. The largest absolute Gasteiger partial charge is 0.297 e. The summed E-state index contributed by atoms with van der Waals surface area (Å²) in [6.07, 6.45) is -0.0180. The molecule has 2 heteroatoms. The minimum atomic E-state index is -0.0180. The molecule has 0 amide bonds. The first kappa shape index (κ1) is 16.6. The van der Waals surface area contributed by atoms with Gasteiger partial charge in [0.1, 0.15) is 6.10 Å². The van der Waals surface area contributed by atoms with Crippen LogP contribution in [0.15, 0.2) is 24.3 Å². The van der Waals surface area contributed by atoms with Crippen molar-refractivity contribution in [2.45, 2.75) is 47.6 Å². The summed E-state index contributed by atoms with van der Waals surface area (Å²) in [4.78, 5) is 4.68. The molecule has 2 N–H and O–H groups in total. The van der Waals surface area contributed by atoms with Crippen molar-refractivity contribution in [2.24, 2.45) is 5.90 Å². The van der Waals surface area contributed by atoms with Crippen molar-refractivity contribution in [3.8, 4) is 0 Å². The van der Waals surface area contributed by atoms with Gasteiger partial charge in [-0.1, -0.05) is 57.5 Å². The Labute approximate surface area is 94.4 Å². The average Bonchev–Trinajstić information content (AvgIpc) is 2.34. The standard InChI is InChI=1S/C9H13NO.2C2H6/c1-7-3-5-9(6-4-7)8(2)11-10;2*1-2/h3-6,8H,10H2,1-2H3;2*1-2H3. The van der Waals surface area contributed by atoms with E-state index in [2.05, 4.69) is 11.8 Å². The molecule has 0 spiro atoms. The zero-order valence-electron chi connectivity index (χ0n) is 10.9. The van der Waals surface area contributed by atoms with Crippen LogP contribution in [0.3, 0.4) is 0 Å². The molecule has 1 rings (SSSR count). The van der Waals surface area contributed by atoms with Crippen LogP contribution in [-0.2, 0) is 4.84 Å². The molecule has 1 aromatic carbocycles. The number of aryl methyl sites for hydroxylation is 1. The molecule has 1 atom stereocenters. The van der Waals surface area contributed by atoms with E-state index in [1.54, 1.807) is 0 Å². The molecular formula is C13H25NO. The zero-order chi connectivity index (χ0) is 12.3. The second-order valence-corrected chi connectivity index (χ2v) is 2.69. The van der Waals surface area contributed by atoms with Crippen molar-refractivity contribution in [3.05, 3.63) is 35.4 Å². The maximum absolute atomic E-state index is 5.04. The van der Waals surface area contributed by atoms with Crippen LogP contribution in [0, 0.1) is 6.92 Å². The summed E-state index contributed by atoms with van der Waals surface area (Å²) < 4.78 is 0. The van der Waals surface area contributed by atoms with Crippen molar-refractivity contribution >= 4 is 0 Å². The lowest BCUT2D eigenvalue weighted by molar-refractivity contribution is 0.0664. The lowest BCUT2D eigenvalue weighted by Gasteiger charge is -2.08. The molecule has 1 unspecified atom stereocenters. The summed E-state index contributed by atoms with van der Waals surface area (Å²) in [6.45, 7) is 12.0. The molecule has 0 saturated carbocycles. The number of hydrogen-bond donors (Lipinski definition) is 1. The van der Waals surface area contributed by atoms with Crippen molar-refractivity contribution in [2.75, 3.05) is 0 Å². The van der Waals surface area contributed by atoms with E-state index in [1.165, 1.54) is 5.56 Å². The molecular weight excluding hydrogens is 186 g/mol. The van der Waals surface area contributed by atoms with Crippen LogP contribution in [0.25, 0.3) is 0 Å². The highest BCUT2D eigenvalue weighted by atomic mass is 16.6. The third-order valence-corrected chi connectivity index (χ3v) is 1.75. The molecule has 15 heavy (non-hydrogen) atoms. The Balaban J connectivity index is 0. The van der Waals surface area contributed by atoms with Gasteiger partial charge < -0.3 is 0 Å². The van der Waals surface area contributed by atoms with Gasteiger partial charge >= 0.3 is 0 Å². The highest BCUT2D eigenvalue weighted by Gasteiger charge is 2.01. The Morgan fingerprint density at radius 2 is 1.40 bits per heavy atom. The summed E-state index contributed by atoms with van der Waals surface area (Å²) in [5, 5.41) is 0. The van der Waals surface area contributed by atoms with Crippen LogP contribution in [0.4, 0.5) is 0 Å². The summed E-state index contributed by atoms with van der Waals surface area (Å²) >= 11 is 0. The maximum atomic E-state index is 5.04. The fourth-order valence-corrected chi connectivity index (χ4v) is 0.916. The molecule has 88 valence electrons. The van der Waals surface area contributed by atoms with E-state index in [-0.39, 0.29) is 6.10 Å². The minimum absolute atomic E-state index is 0.0180. The van der Waals surface area contributed by atoms with Crippen LogP contribution in [0.1, 0.15) is 51.8 Å². The van der Waals surface area contributed by atoms with E-state index in [4.69, 9.17) is 5.90 Å². The molecule has 0 saturated heterocycles. The van der Waals surface area contributed by atoms with Gasteiger partial charge in [-0.2, -0.15) is 0 Å². The van der Waals surface area contributed by atoms with E-state index in [0.717, 1.165) is 5.56 Å². The third-order valence-electron chi connectivity index (χ3n) is 1.75. The van der Waals surface area contributed by atoms with Crippen molar-refractivity contribution in [1.29, 1.82) is 0 Å².